The van der Waals surface area contributed by atoms with Crippen LogP contribution in [-0.4, -0.2) is 26.0 Å². The lowest BCUT2D eigenvalue weighted by Gasteiger charge is -2.13. The van der Waals surface area contributed by atoms with Crippen molar-refractivity contribution in [2.75, 3.05) is 19.5 Å². The number of benzene rings is 2. The minimum absolute atomic E-state index is 0.0364. The summed E-state index contributed by atoms with van der Waals surface area (Å²) in [7, 11) is 3.00. The number of rotatable bonds is 8. The molecule has 0 fully saturated rings. The zero-order valence-corrected chi connectivity index (χ0v) is 17.6. The molecular formula is C24H24N2O5. The Hall–Kier alpha value is -4.00. The highest BCUT2D eigenvalue weighted by Crippen LogP contribution is 2.27. The van der Waals surface area contributed by atoms with Gasteiger partial charge in [-0.2, -0.15) is 0 Å². The molecule has 0 aliphatic rings. The average Bonchev–Trinajstić information content (AvgIpc) is 3.31. The van der Waals surface area contributed by atoms with Crippen LogP contribution in [0.25, 0.3) is 6.08 Å². The Morgan fingerprint density at radius 3 is 2.35 bits per heavy atom. The van der Waals surface area contributed by atoms with Gasteiger partial charge in [-0.1, -0.05) is 19.1 Å². The average molecular weight is 420 g/mol. The summed E-state index contributed by atoms with van der Waals surface area (Å²) in [4.78, 5) is 25.7. The van der Waals surface area contributed by atoms with Gasteiger partial charge in [0.05, 0.1) is 20.5 Å². The maximum Gasteiger partial charge on any atom is 0.272 e. The van der Waals surface area contributed by atoms with Gasteiger partial charge in [0.15, 0.2) is 11.5 Å². The molecule has 0 unspecified atom stereocenters. The van der Waals surface area contributed by atoms with E-state index < -0.39 is 11.8 Å². The third-order valence-electron chi connectivity index (χ3n) is 4.59. The van der Waals surface area contributed by atoms with Gasteiger partial charge in [0, 0.05) is 17.3 Å². The molecule has 1 heterocycles. The summed E-state index contributed by atoms with van der Waals surface area (Å²) >= 11 is 0. The number of nitrogens with one attached hydrogen (secondary N) is 2. The van der Waals surface area contributed by atoms with E-state index in [9.17, 15) is 9.59 Å². The number of amides is 2. The molecule has 7 nitrogen and oxygen atoms in total. The van der Waals surface area contributed by atoms with Gasteiger partial charge in [0.1, 0.15) is 11.5 Å². The van der Waals surface area contributed by atoms with Crippen LogP contribution in [0.15, 0.2) is 71.0 Å². The summed E-state index contributed by atoms with van der Waals surface area (Å²) in [6.45, 7) is 2.06. The third kappa shape index (κ3) is 5.54. The summed E-state index contributed by atoms with van der Waals surface area (Å²) in [5.41, 5.74) is 2.12. The fourth-order valence-corrected chi connectivity index (χ4v) is 2.87. The molecule has 0 radical (unpaired) electrons. The molecule has 1 aromatic heterocycles. The van der Waals surface area contributed by atoms with E-state index >= 15 is 0 Å². The van der Waals surface area contributed by atoms with Crippen LogP contribution in [0.5, 0.6) is 11.5 Å². The lowest BCUT2D eigenvalue weighted by Crippen LogP contribution is -2.30. The van der Waals surface area contributed by atoms with Gasteiger partial charge in [0.25, 0.3) is 11.8 Å². The van der Waals surface area contributed by atoms with E-state index in [-0.39, 0.29) is 5.70 Å². The molecule has 2 amide bonds. The monoisotopic (exact) mass is 420 g/mol. The summed E-state index contributed by atoms with van der Waals surface area (Å²) in [6, 6.07) is 15.6. The number of methoxy groups -OCH3 is 2. The van der Waals surface area contributed by atoms with Crippen molar-refractivity contribution in [3.8, 4) is 11.5 Å². The van der Waals surface area contributed by atoms with Crippen molar-refractivity contribution in [2.24, 2.45) is 0 Å². The van der Waals surface area contributed by atoms with Crippen molar-refractivity contribution in [1.82, 2.24) is 5.32 Å². The van der Waals surface area contributed by atoms with Gasteiger partial charge in [-0.3, -0.25) is 9.59 Å². The summed E-state index contributed by atoms with van der Waals surface area (Å²) in [5, 5.41) is 5.45. The van der Waals surface area contributed by atoms with Crippen LogP contribution in [0.1, 0.15) is 28.6 Å². The lowest BCUT2D eigenvalue weighted by atomic mass is 10.1. The molecule has 0 aliphatic carbocycles. The Kier molecular flexibility index (Phi) is 7.11. The smallest absolute Gasteiger partial charge is 0.272 e. The quantitative estimate of drug-likeness (QED) is 0.531. The molecular weight excluding hydrogens is 396 g/mol. The minimum atomic E-state index is -0.477. The maximum atomic E-state index is 12.9. The first-order valence-electron chi connectivity index (χ1n) is 9.73. The van der Waals surface area contributed by atoms with E-state index in [0.717, 1.165) is 12.0 Å². The van der Waals surface area contributed by atoms with E-state index in [2.05, 4.69) is 17.6 Å². The molecule has 0 saturated carbocycles. The van der Waals surface area contributed by atoms with Gasteiger partial charge in [-0.25, -0.2) is 0 Å². The summed E-state index contributed by atoms with van der Waals surface area (Å²) < 4.78 is 15.8. The molecule has 3 aromatic rings. The van der Waals surface area contributed by atoms with Crippen LogP contribution in [0, 0.1) is 0 Å². The van der Waals surface area contributed by atoms with Crippen molar-refractivity contribution < 1.29 is 23.5 Å². The maximum absolute atomic E-state index is 12.9. The molecule has 0 saturated heterocycles. The lowest BCUT2D eigenvalue weighted by molar-refractivity contribution is -0.113. The van der Waals surface area contributed by atoms with E-state index in [1.807, 2.05) is 24.3 Å². The van der Waals surface area contributed by atoms with E-state index in [0.29, 0.717) is 28.5 Å². The van der Waals surface area contributed by atoms with Crippen LogP contribution in [-0.2, 0) is 11.2 Å². The molecule has 0 spiro atoms. The first-order valence-corrected chi connectivity index (χ1v) is 9.73. The van der Waals surface area contributed by atoms with Crippen LogP contribution in [0.3, 0.4) is 0 Å². The van der Waals surface area contributed by atoms with Crippen LogP contribution >= 0.6 is 0 Å². The van der Waals surface area contributed by atoms with Crippen LogP contribution in [0.2, 0.25) is 0 Å². The molecule has 7 heteroatoms. The number of carbonyl (C=O) groups is 2. The molecule has 160 valence electrons. The second-order valence-electron chi connectivity index (χ2n) is 6.60. The highest BCUT2D eigenvalue weighted by atomic mass is 16.5. The number of hydrogen-bond acceptors (Lipinski definition) is 5. The number of furan rings is 1. The van der Waals surface area contributed by atoms with E-state index in [4.69, 9.17) is 13.9 Å². The van der Waals surface area contributed by atoms with Gasteiger partial charge in [-0.15, -0.1) is 0 Å². The minimum Gasteiger partial charge on any atom is -0.493 e. The highest BCUT2D eigenvalue weighted by molar-refractivity contribution is 6.10. The van der Waals surface area contributed by atoms with E-state index in [1.54, 1.807) is 30.3 Å². The number of anilines is 1. The second kappa shape index (κ2) is 10.2. The molecule has 31 heavy (non-hydrogen) atoms. The zero-order chi connectivity index (χ0) is 22.2. The predicted octanol–water partition coefficient (Wildman–Crippen LogP) is 4.27. The Morgan fingerprint density at radius 2 is 1.74 bits per heavy atom. The first kappa shape index (κ1) is 21.7. The fourth-order valence-electron chi connectivity index (χ4n) is 2.87. The Labute approximate surface area is 180 Å². The highest BCUT2D eigenvalue weighted by Gasteiger charge is 2.17. The first-order chi connectivity index (χ1) is 15.0. The topological polar surface area (TPSA) is 89.8 Å². The van der Waals surface area contributed by atoms with E-state index in [1.165, 1.54) is 26.6 Å². The molecule has 2 N–H and O–H groups in total. The number of carbonyl (C=O) groups excluding carboxylic acids is 2. The number of aryl methyl sites for hydroxylation is 1. The third-order valence-corrected chi connectivity index (χ3v) is 4.59. The Balaban J connectivity index is 1.83. The SMILES string of the molecule is CCc1ccc(NC(=O)/C(=C/c2ccco2)NC(=O)c2ccc(OC)c(OC)c2)cc1. The standard InChI is InChI=1S/C24H24N2O5/c1-4-16-7-10-18(11-8-16)25-24(28)20(15-19-6-5-13-31-19)26-23(27)17-9-12-21(29-2)22(14-17)30-3/h5-15H,4H2,1-3H3,(H,25,28)(H,26,27)/b20-15-. The summed E-state index contributed by atoms with van der Waals surface area (Å²) in [5.74, 6) is 0.384. The van der Waals surface area contributed by atoms with Gasteiger partial charge in [0.2, 0.25) is 0 Å². The predicted molar refractivity (Wildman–Crippen MR) is 118 cm³/mol. The van der Waals surface area contributed by atoms with Gasteiger partial charge >= 0.3 is 0 Å². The fraction of sp³-hybridized carbons (Fsp3) is 0.167. The van der Waals surface area contributed by atoms with Gasteiger partial charge < -0.3 is 24.5 Å². The second-order valence-corrected chi connectivity index (χ2v) is 6.60. The van der Waals surface area contributed by atoms with Crippen molar-refractivity contribution in [2.45, 2.75) is 13.3 Å². The largest absolute Gasteiger partial charge is 0.493 e. The Morgan fingerprint density at radius 1 is 1.00 bits per heavy atom. The van der Waals surface area contributed by atoms with Crippen molar-refractivity contribution in [3.05, 3.63) is 83.4 Å². The molecule has 2 aromatic carbocycles. The molecule has 0 bridgehead atoms. The molecule has 0 atom stereocenters. The molecule has 0 aliphatic heterocycles. The van der Waals surface area contributed by atoms with Crippen molar-refractivity contribution >= 4 is 23.6 Å². The number of hydrogen-bond donors (Lipinski definition) is 2. The zero-order valence-electron chi connectivity index (χ0n) is 17.6. The summed E-state index contributed by atoms with van der Waals surface area (Å²) in [6.07, 6.45) is 3.86. The van der Waals surface area contributed by atoms with Crippen LogP contribution < -0.4 is 20.1 Å². The van der Waals surface area contributed by atoms with Crippen LogP contribution in [0.4, 0.5) is 5.69 Å². The molecule has 3 rings (SSSR count). The van der Waals surface area contributed by atoms with Gasteiger partial charge in [-0.05, 0) is 54.4 Å². The normalized spacial score (nSPS) is 11.0. The van der Waals surface area contributed by atoms with Crippen molar-refractivity contribution in [1.29, 1.82) is 0 Å². The van der Waals surface area contributed by atoms with Crippen molar-refractivity contribution in [3.63, 3.8) is 0 Å². The Bertz CT molecular complexity index is 1070. The number of ether oxygens (including phenoxy) is 2.